The molecular weight excluding hydrogens is 651 g/mol. The van der Waals surface area contributed by atoms with Gasteiger partial charge < -0.3 is 4.90 Å². The van der Waals surface area contributed by atoms with Crippen LogP contribution in [-0.4, -0.2) is 0 Å². The molecule has 262 valence electrons. The van der Waals surface area contributed by atoms with Crippen LogP contribution in [0.4, 0.5) is 17.1 Å². The highest BCUT2D eigenvalue weighted by molar-refractivity contribution is 6.07. The maximum absolute atomic E-state index is 2.53. The van der Waals surface area contributed by atoms with Crippen LogP contribution >= 0.6 is 0 Å². The summed E-state index contributed by atoms with van der Waals surface area (Å²) in [6.07, 6.45) is 0. The van der Waals surface area contributed by atoms with Crippen molar-refractivity contribution in [3.05, 3.63) is 199 Å². The molecule has 0 radical (unpaired) electrons. The van der Waals surface area contributed by atoms with Crippen LogP contribution < -0.4 is 4.90 Å². The van der Waals surface area contributed by atoms with E-state index in [4.69, 9.17) is 0 Å². The highest BCUT2D eigenvalue weighted by Gasteiger charge is 2.36. The average molecular weight is 696 g/mol. The fourth-order valence-corrected chi connectivity index (χ4v) is 8.52. The summed E-state index contributed by atoms with van der Waals surface area (Å²) in [5, 5.41) is 2.45. The fourth-order valence-electron chi connectivity index (χ4n) is 8.52. The van der Waals surface area contributed by atoms with Crippen molar-refractivity contribution in [1.29, 1.82) is 0 Å². The van der Waals surface area contributed by atoms with Gasteiger partial charge in [-0.3, -0.25) is 0 Å². The number of nitrogens with zero attached hydrogens (tertiary/aromatic N) is 1. The lowest BCUT2D eigenvalue weighted by atomic mass is 9.82. The van der Waals surface area contributed by atoms with Crippen molar-refractivity contribution < 1.29 is 0 Å². The summed E-state index contributed by atoms with van der Waals surface area (Å²) in [6, 6.07) is 67.3. The van der Waals surface area contributed by atoms with Crippen LogP contribution in [0.3, 0.4) is 0 Å². The Balaban J connectivity index is 1.36. The van der Waals surface area contributed by atoms with Crippen LogP contribution in [0, 0.1) is 0 Å². The van der Waals surface area contributed by atoms with E-state index in [1.807, 2.05) is 0 Å². The van der Waals surface area contributed by atoms with E-state index in [0.29, 0.717) is 0 Å². The Labute approximate surface area is 320 Å². The number of hydrogen-bond acceptors (Lipinski definition) is 1. The number of anilines is 3. The number of fused-ring (bicyclic) bond motifs is 4. The molecule has 0 aliphatic heterocycles. The van der Waals surface area contributed by atoms with Gasteiger partial charge in [0.2, 0.25) is 0 Å². The first-order chi connectivity index (χ1) is 26.2. The smallest absolute Gasteiger partial charge is 0.0546 e. The summed E-state index contributed by atoms with van der Waals surface area (Å²) in [5.74, 6) is 0. The summed E-state index contributed by atoms with van der Waals surface area (Å²) >= 11 is 0. The van der Waals surface area contributed by atoms with Gasteiger partial charge in [0.15, 0.2) is 0 Å². The van der Waals surface area contributed by atoms with Gasteiger partial charge in [-0.15, -0.1) is 0 Å². The Kier molecular flexibility index (Phi) is 8.12. The molecule has 0 amide bonds. The van der Waals surface area contributed by atoms with E-state index in [2.05, 4.69) is 222 Å². The second kappa shape index (κ2) is 13.0. The Morgan fingerprint density at radius 2 is 1.06 bits per heavy atom. The molecule has 1 nitrogen and oxygen atoms in total. The third kappa shape index (κ3) is 5.72. The fraction of sp³-hybridized carbons (Fsp3) is 0.132. The van der Waals surface area contributed by atoms with Crippen molar-refractivity contribution in [2.75, 3.05) is 4.90 Å². The summed E-state index contributed by atoms with van der Waals surface area (Å²) < 4.78 is 0. The summed E-state index contributed by atoms with van der Waals surface area (Å²) in [7, 11) is 0. The third-order valence-electron chi connectivity index (χ3n) is 11.4. The molecule has 0 spiro atoms. The molecule has 0 saturated heterocycles. The standard InChI is InChI=1S/C53H45N/c1-52(2,3)41-28-32-49(46(34-41)37-19-10-7-11-20-37)54(42-29-30-45-44-25-14-15-26-47(44)53(4,5)48(45)35-42)50-31-27-38-21-12-13-24-43(38)51(50)40-23-16-22-39(33-40)36-17-8-6-9-18-36/h6-35H,1-5H3. The Morgan fingerprint density at radius 1 is 0.426 bits per heavy atom. The highest BCUT2D eigenvalue weighted by Crippen LogP contribution is 2.53. The van der Waals surface area contributed by atoms with Gasteiger partial charge in [0.1, 0.15) is 0 Å². The van der Waals surface area contributed by atoms with E-state index in [1.54, 1.807) is 0 Å². The maximum Gasteiger partial charge on any atom is 0.0546 e. The lowest BCUT2D eigenvalue weighted by Crippen LogP contribution is -2.18. The topological polar surface area (TPSA) is 3.24 Å². The van der Waals surface area contributed by atoms with Crippen molar-refractivity contribution in [3.63, 3.8) is 0 Å². The van der Waals surface area contributed by atoms with E-state index in [9.17, 15) is 0 Å². The molecule has 0 heterocycles. The zero-order valence-electron chi connectivity index (χ0n) is 31.8. The molecule has 8 aromatic carbocycles. The second-order valence-corrected chi connectivity index (χ2v) is 16.2. The van der Waals surface area contributed by atoms with Crippen molar-refractivity contribution >= 4 is 27.8 Å². The molecule has 0 atom stereocenters. The van der Waals surface area contributed by atoms with E-state index in [-0.39, 0.29) is 10.8 Å². The Hall–Kier alpha value is -6.18. The minimum atomic E-state index is -0.137. The average Bonchev–Trinajstić information content (AvgIpc) is 3.43. The zero-order valence-corrected chi connectivity index (χ0v) is 31.8. The van der Waals surface area contributed by atoms with Gasteiger partial charge in [-0.25, -0.2) is 0 Å². The van der Waals surface area contributed by atoms with Gasteiger partial charge in [0, 0.05) is 22.2 Å². The molecule has 1 heteroatoms. The maximum atomic E-state index is 2.53. The van der Waals surface area contributed by atoms with Crippen molar-refractivity contribution in [2.24, 2.45) is 0 Å². The first-order valence-corrected chi connectivity index (χ1v) is 19.1. The monoisotopic (exact) mass is 695 g/mol. The molecule has 1 aliphatic rings. The first-order valence-electron chi connectivity index (χ1n) is 19.1. The minimum Gasteiger partial charge on any atom is -0.309 e. The molecule has 0 aromatic heterocycles. The van der Waals surface area contributed by atoms with Crippen LogP contribution in [0.25, 0.3) is 55.3 Å². The normalized spacial score (nSPS) is 13.1. The van der Waals surface area contributed by atoms with Crippen LogP contribution in [0.1, 0.15) is 51.3 Å². The van der Waals surface area contributed by atoms with Crippen LogP contribution in [0.5, 0.6) is 0 Å². The van der Waals surface area contributed by atoms with E-state index < -0.39 is 0 Å². The van der Waals surface area contributed by atoms with E-state index >= 15 is 0 Å². The molecule has 1 aliphatic carbocycles. The Morgan fingerprint density at radius 3 is 1.83 bits per heavy atom. The van der Waals surface area contributed by atoms with Gasteiger partial charge in [0.05, 0.1) is 11.4 Å². The highest BCUT2D eigenvalue weighted by atomic mass is 15.1. The van der Waals surface area contributed by atoms with E-state index in [0.717, 1.165) is 17.1 Å². The lowest BCUT2D eigenvalue weighted by molar-refractivity contribution is 0.590. The third-order valence-corrected chi connectivity index (χ3v) is 11.4. The quantitative estimate of drug-likeness (QED) is 0.167. The number of benzene rings is 8. The first kappa shape index (κ1) is 33.6. The van der Waals surface area contributed by atoms with Crippen molar-refractivity contribution in [3.8, 4) is 44.5 Å². The summed E-state index contributed by atoms with van der Waals surface area (Å²) in [4.78, 5) is 2.53. The largest absolute Gasteiger partial charge is 0.309 e. The zero-order chi connectivity index (χ0) is 37.0. The number of hydrogen-bond donors (Lipinski definition) is 0. The molecule has 8 aromatic rings. The molecule has 9 rings (SSSR count). The van der Waals surface area contributed by atoms with Crippen LogP contribution in [0.15, 0.2) is 182 Å². The predicted octanol–water partition coefficient (Wildman–Crippen LogP) is 14.9. The molecule has 54 heavy (non-hydrogen) atoms. The summed E-state index contributed by atoms with van der Waals surface area (Å²) in [5.41, 5.74) is 17.2. The summed E-state index contributed by atoms with van der Waals surface area (Å²) in [6.45, 7) is 11.6. The second-order valence-electron chi connectivity index (χ2n) is 16.2. The molecule has 0 unspecified atom stereocenters. The van der Waals surface area contributed by atoms with Gasteiger partial charge in [-0.05, 0) is 103 Å². The van der Waals surface area contributed by atoms with Crippen LogP contribution in [-0.2, 0) is 10.8 Å². The van der Waals surface area contributed by atoms with Crippen molar-refractivity contribution in [2.45, 2.75) is 45.4 Å². The van der Waals surface area contributed by atoms with Gasteiger partial charge in [-0.2, -0.15) is 0 Å². The molecule has 0 bridgehead atoms. The predicted molar refractivity (Wildman–Crippen MR) is 231 cm³/mol. The van der Waals surface area contributed by atoms with Crippen LogP contribution in [0.2, 0.25) is 0 Å². The SMILES string of the molecule is CC(C)(C)c1ccc(N(c2ccc3c(c2)C(C)(C)c2ccccc2-3)c2ccc3ccccc3c2-c2cccc(-c3ccccc3)c2)c(-c2ccccc2)c1. The van der Waals surface area contributed by atoms with Gasteiger partial charge >= 0.3 is 0 Å². The molecule has 0 fully saturated rings. The molecule has 0 saturated carbocycles. The lowest BCUT2D eigenvalue weighted by Gasteiger charge is -2.33. The minimum absolute atomic E-state index is 0.0117. The van der Waals surface area contributed by atoms with Gasteiger partial charge in [-0.1, -0.05) is 180 Å². The number of rotatable bonds is 6. The Bertz CT molecular complexity index is 2660. The molecule has 0 N–H and O–H groups in total. The molecular formula is C53H45N. The van der Waals surface area contributed by atoms with E-state index in [1.165, 1.54) is 72.0 Å². The van der Waals surface area contributed by atoms with Gasteiger partial charge in [0.25, 0.3) is 0 Å². The van der Waals surface area contributed by atoms with Crippen molar-refractivity contribution in [1.82, 2.24) is 0 Å².